The van der Waals surface area contributed by atoms with Gasteiger partial charge < -0.3 is 4.74 Å². The van der Waals surface area contributed by atoms with E-state index >= 15 is 0 Å². The smallest absolute Gasteiger partial charge is 0.109 e. The van der Waals surface area contributed by atoms with Crippen LogP contribution in [0.5, 0.6) is 0 Å². The maximum absolute atomic E-state index is 5.83. The summed E-state index contributed by atoms with van der Waals surface area (Å²) in [5.74, 6) is 0.623. The van der Waals surface area contributed by atoms with Gasteiger partial charge in [0.1, 0.15) is 7.85 Å². The standard InChI is InChI=1S/C10H19BO/c1-4-6-10(5-2)8(3)7-9(11)12-10/h8-9H,4-7H2,1-3H3/t8-,9+,10?/m0/s1. The number of ether oxygens (including phenoxy) is 1. The zero-order valence-corrected chi connectivity index (χ0v) is 8.47. The van der Waals surface area contributed by atoms with Crippen LogP contribution in [0.4, 0.5) is 0 Å². The third kappa shape index (κ3) is 1.68. The van der Waals surface area contributed by atoms with Gasteiger partial charge in [-0.05, 0) is 25.2 Å². The van der Waals surface area contributed by atoms with Crippen LogP contribution < -0.4 is 0 Å². The predicted molar refractivity (Wildman–Crippen MR) is 52.3 cm³/mol. The van der Waals surface area contributed by atoms with Crippen molar-refractivity contribution in [2.75, 3.05) is 0 Å². The normalized spacial score (nSPS) is 41.9. The maximum atomic E-state index is 5.83. The monoisotopic (exact) mass is 166 g/mol. The molecule has 1 aliphatic heterocycles. The fourth-order valence-electron chi connectivity index (χ4n) is 2.37. The molecule has 1 fully saturated rings. The molecular formula is C10H19BO. The molecule has 0 spiro atoms. The number of rotatable bonds is 3. The Labute approximate surface area is 77.3 Å². The molecule has 1 rings (SSSR count). The second-order valence-electron chi connectivity index (χ2n) is 3.96. The lowest BCUT2D eigenvalue weighted by atomic mass is 9.81. The van der Waals surface area contributed by atoms with E-state index in [9.17, 15) is 0 Å². The highest BCUT2D eigenvalue weighted by Crippen LogP contribution is 2.40. The molecule has 1 nitrogen and oxygen atoms in total. The first kappa shape index (κ1) is 10.1. The molecule has 12 heavy (non-hydrogen) atoms. The van der Waals surface area contributed by atoms with Gasteiger partial charge >= 0.3 is 0 Å². The lowest BCUT2D eigenvalue weighted by Gasteiger charge is -2.32. The molecule has 1 saturated heterocycles. The van der Waals surface area contributed by atoms with Crippen molar-refractivity contribution in [3.63, 3.8) is 0 Å². The van der Waals surface area contributed by atoms with E-state index in [1.165, 1.54) is 6.42 Å². The minimum Gasteiger partial charge on any atom is -0.381 e. The molecule has 0 aromatic carbocycles. The minimum absolute atomic E-state index is 0.0218. The van der Waals surface area contributed by atoms with Gasteiger partial charge in [0.2, 0.25) is 0 Å². The van der Waals surface area contributed by atoms with Gasteiger partial charge in [0, 0.05) is 6.00 Å². The third-order valence-corrected chi connectivity index (χ3v) is 3.14. The predicted octanol–water partition coefficient (Wildman–Crippen LogP) is 2.49. The molecule has 0 aromatic rings. The van der Waals surface area contributed by atoms with Crippen LogP contribution in [-0.2, 0) is 4.74 Å². The largest absolute Gasteiger partial charge is 0.381 e. The zero-order chi connectivity index (χ0) is 9.19. The molecule has 1 heterocycles. The Kier molecular flexibility index (Phi) is 3.22. The number of hydrogen-bond acceptors (Lipinski definition) is 1. The summed E-state index contributed by atoms with van der Waals surface area (Å²) in [6, 6.07) is -0.0218. The van der Waals surface area contributed by atoms with Crippen molar-refractivity contribution < 1.29 is 4.74 Å². The Morgan fingerprint density at radius 2 is 2.17 bits per heavy atom. The van der Waals surface area contributed by atoms with Crippen LogP contribution in [-0.4, -0.2) is 19.5 Å². The number of hydrogen-bond donors (Lipinski definition) is 0. The average molecular weight is 166 g/mol. The molecule has 0 aliphatic carbocycles. The summed E-state index contributed by atoms with van der Waals surface area (Å²) in [5, 5.41) is 0. The van der Waals surface area contributed by atoms with Crippen molar-refractivity contribution in [2.45, 2.75) is 58.1 Å². The Bertz CT molecular complexity index is 149. The quantitative estimate of drug-likeness (QED) is 0.585. The van der Waals surface area contributed by atoms with Gasteiger partial charge in [-0.1, -0.05) is 27.2 Å². The highest BCUT2D eigenvalue weighted by Gasteiger charge is 2.41. The van der Waals surface area contributed by atoms with Crippen LogP contribution in [0.25, 0.3) is 0 Å². The summed E-state index contributed by atoms with van der Waals surface area (Å²) >= 11 is 0. The van der Waals surface area contributed by atoms with E-state index in [1.54, 1.807) is 0 Å². The third-order valence-electron chi connectivity index (χ3n) is 3.14. The zero-order valence-electron chi connectivity index (χ0n) is 8.47. The second kappa shape index (κ2) is 3.82. The van der Waals surface area contributed by atoms with Crippen molar-refractivity contribution in [3.8, 4) is 0 Å². The first-order valence-corrected chi connectivity index (χ1v) is 5.08. The van der Waals surface area contributed by atoms with Gasteiger partial charge in [-0.2, -0.15) is 0 Å². The van der Waals surface area contributed by atoms with Gasteiger partial charge in [0.15, 0.2) is 0 Å². The van der Waals surface area contributed by atoms with Crippen LogP contribution in [0.2, 0.25) is 0 Å². The molecular weight excluding hydrogens is 147 g/mol. The van der Waals surface area contributed by atoms with Gasteiger partial charge in [-0.3, -0.25) is 0 Å². The summed E-state index contributed by atoms with van der Waals surface area (Å²) in [6.45, 7) is 6.66. The molecule has 1 aliphatic rings. The summed E-state index contributed by atoms with van der Waals surface area (Å²) in [4.78, 5) is 0. The van der Waals surface area contributed by atoms with E-state index in [-0.39, 0.29) is 11.6 Å². The van der Waals surface area contributed by atoms with Crippen LogP contribution in [0.3, 0.4) is 0 Å². The Morgan fingerprint density at radius 3 is 2.50 bits per heavy atom. The first-order chi connectivity index (χ1) is 5.64. The van der Waals surface area contributed by atoms with Gasteiger partial charge in [0.25, 0.3) is 0 Å². The molecule has 2 radical (unpaired) electrons. The Morgan fingerprint density at radius 1 is 1.50 bits per heavy atom. The molecule has 2 heteroatoms. The Balaban J connectivity index is 2.65. The Hall–Kier alpha value is 0.0249. The van der Waals surface area contributed by atoms with Gasteiger partial charge in [0.05, 0.1) is 5.60 Å². The molecule has 3 atom stereocenters. The van der Waals surface area contributed by atoms with E-state index < -0.39 is 0 Å². The molecule has 1 unspecified atom stereocenters. The lowest BCUT2D eigenvalue weighted by molar-refractivity contribution is -0.0410. The molecule has 0 N–H and O–H groups in total. The molecule has 0 saturated carbocycles. The van der Waals surface area contributed by atoms with E-state index in [1.807, 2.05) is 0 Å². The van der Waals surface area contributed by atoms with E-state index in [4.69, 9.17) is 12.6 Å². The summed E-state index contributed by atoms with van der Waals surface area (Å²) in [6.07, 6.45) is 4.45. The topological polar surface area (TPSA) is 9.23 Å². The summed E-state index contributed by atoms with van der Waals surface area (Å²) < 4.78 is 5.83. The minimum atomic E-state index is -0.0218. The van der Waals surface area contributed by atoms with Crippen molar-refractivity contribution >= 4 is 7.85 Å². The van der Waals surface area contributed by atoms with E-state index in [2.05, 4.69) is 20.8 Å². The maximum Gasteiger partial charge on any atom is 0.109 e. The average Bonchev–Trinajstić information content (AvgIpc) is 2.28. The van der Waals surface area contributed by atoms with Crippen LogP contribution in [0.15, 0.2) is 0 Å². The van der Waals surface area contributed by atoms with Crippen LogP contribution >= 0.6 is 0 Å². The summed E-state index contributed by atoms with van der Waals surface area (Å²) in [5.41, 5.74) is 0.0914. The molecule has 0 aromatic heterocycles. The van der Waals surface area contributed by atoms with Crippen LogP contribution in [0.1, 0.15) is 46.5 Å². The second-order valence-corrected chi connectivity index (χ2v) is 3.96. The van der Waals surface area contributed by atoms with E-state index in [0.717, 1.165) is 19.3 Å². The molecule has 68 valence electrons. The fourth-order valence-corrected chi connectivity index (χ4v) is 2.37. The van der Waals surface area contributed by atoms with Gasteiger partial charge in [-0.15, -0.1) is 0 Å². The fraction of sp³-hybridized carbons (Fsp3) is 1.00. The van der Waals surface area contributed by atoms with Crippen molar-refractivity contribution in [3.05, 3.63) is 0 Å². The van der Waals surface area contributed by atoms with E-state index in [0.29, 0.717) is 5.92 Å². The van der Waals surface area contributed by atoms with Crippen molar-refractivity contribution in [2.24, 2.45) is 5.92 Å². The van der Waals surface area contributed by atoms with Crippen LogP contribution in [0, 0.1) is 5.92 Å². The SMILES string of the molecule is [B][C@H]1C[C@H](C)C(CC)(CCC)O1. The van der Waals surface area contributed by atoms with Crippen molar-refractivity contribution in [1.82, 2.24) is 0 Å². The highest BCUT2D eigenvalue weighted by atomic mass is 16.5. The molecule has 0 amide bonds. The van der Waals surface area contributed by atoms with Gasteiger partial charge in [-0.25, -0.2) is 0 Å². The summed E-state index contributed by atoms with van der Waals surface area (Å²) in [7, 11) is 5.78. The lowest BCUT2D eigenvalue weighted by Crippen LogP contribution is -2.33. The molecule has 0 bridgehead atoms. The van der Waals surface area contributed by atoms with Crippen molar-refractivity contribution in [1.29, 1.82) is 0 Å². The highest BCUT2D eigenvalue weighted by molar-refractivity contribution is 6.11. The first-order valence-electron chi connectivity index (χ1n) is 5.08.